The summed E-state index contributed by atoms with van der Waals surface area (Å²) >= 11 is 0. The predicted molar refractivity (Wildman–Crippen MR) is 257 cm³/mol. The lowest BCUT2D eigenvalue weighted by atomic mass is 9.85. The van der Waals surface area contributed by atoms with Gasteiger partial charge in [0.05, 0.1) is 18.8 Å². The third-order valence-corrected chi connectivity index (χ3v) is 11.8. The minimum Gasteiger partial charge on any atom is -0.462 e. The molecule has 2 rings (SSSR count). The number of carbonyl (C=O) groups is 2. The SMILES string of the molecule is CC/C=C\C/C=C\C/C=C\C/C=C\C/C=C\CCCCCC(=O)O[C@H](COC(=O)CCC/C=C\CC1OC1C/C=C\C/C=C\CCCCC)COP(=O)(O)OC1[C@H](O)[C@H](O)C(O)[C@H](O)[C@H]1O. The van der Waals surface area contributed by atoms with E-state index >= 15 is 0 Å². The van der Waals surface area contributed by atoms with Gasteiger partial charge >= 0.3 is 19.8 Å². The van der Waals surface area contributed by atoms with E-state index in [0.29, 0.717) is 19.3 Å². The van der Waals surface area contributed by atoms with Gasteiger partial charge in [0.1, 0.15) is 43.2 Å². The maximum absolute atomic E-state index is 12.8. The monoisotopic (exact) mass is 949 g/mol. The zero-order chi connectivity index (χ0) is 48.3. The second-order valence-corrected chi connectivity index (χ2v) is 18.0. The molecule has 1 saturated heterocycles. The first-order valence-corrected chi connectivity index (χ1v) is 25.7. The lowest BCUT2D eigenvalue weighted by Crippen LogP contribution is -2.64. The number of esters is 2. The molecule has 0 aromatic rings. The van der Waals surface area contributed by atoms with E-state index in [4.69, 9.17) is 23.3 Å². The number of hydrogen-bond acceptors (Lipinski definition) is 13. The van der Waals surface area contributed by atoms with Crippen LogP contribution >= 0.6 is 7.82 Å². The summed E-state index contributed by atoms with van der Waals surface area (Å²) in [5.41, 5.74) is 0. The summed E-state index contributed by atoms with van der Waals surface area (Å²) in [5, 5.41) is 50.2. The van der Waals surface area contributed by atoms with Crippen molar-refractivity contribution in [2.75, 3.05) is 13.2 Å². The molecule has 0 amide bonds. The number of phosphoric ester groups is 1. The number of rotatable bonds is 37. The van der Waals surface area contributed by atoms with Gasteiger partial charge in [0.15, 0.2) is 6.10 Å². The minimum atomic E-state index is -5.16. The molecular weight excluding hydrogens is 868 g/mol. The molecule has 5 unspecified atom stereocenters. The van der Waals surface area contributed by atoms with Gasteiger partial charge in [-0.3, -0.25) is 18.6 Å². The number of phosphoric acid groups is 1. The van der Waals surface area contributed by atoms with Gasteiger partial charge in [0.2, 0.25) is 0 Å². The van der Waals surface area contributed by atoms with Gasteiger partial charge in [0, 0.05) is 12.8 Å². The molecule has 1 aliphatic heterocycles. The number of aliphatic hydroxyl groups is 5. The van der Waals surface area contributed by atoms with Crippen molar-refractivity contribution < 1.29 is 67.8 Å². The van der Waals surface area contributed by atoms with Crippen LogP contribution in [0.3, 0.4) is 0 Å². The highest BCUT2D eigenvalue weighted by molar-refractivity contribution is 7.47. The van der Waals surface area contributed by atoms with E-state index in [-0.39, 0.29) is 25.0 Å². The molecule has 1 heterocycles. The summed E-state index contributed by atoms with van der Waals surface area (Å²) in [6, 6.07) is 0. The van der Waals surface area contributed by atoms with Crippen molar-refractivity contribution in [3.8, 4) is 0 Å². The molecule has 0 radical (unpaired) electrons. The van der Waals surface area contributed by atoms with Crippen molar-refractivity contribution in [2.24, 2.45) is 0 Å². The van der Waals surface area contributed by atoms with E-state index < -0.39 is 75.7 Å². The highest BCUT2D eigenvalue weighted by Crippen LogP contribution is 2.47. The molecular formula is C51H81O14P. The lowest BCUT2D eigenvalue weighted by molar-refractivity contribution is -0.220. The number of epoxide rings is 1. The Bertz CT molecular complexity index is 1590. The van der Waals surface area contributed by atoms with E-state index in [1.54, 1.807) is 0 Å². The van der Waals surface area contributed by atoms with Crippen molar-refractivity contribution in [1.82, 2.24) is 0 Å². The molecule has 1 saturated carbocycles. The van der Waals surface area contributed by atoms with Gasteiger partial charge in [-0.1, -0.05) is 130 Å². The molecule has 0 aromatic heterocycles. The number of allylic oxidation sites excluding steroid dienone is 14. The van der Waals surface area contributed by atoms with Crippen molar-refractivity contribution >= 4 is 19.8 Å². The van der Waals surface area contributed by atoms with Crippen molar-refractivity contribution in [1.29, 1.82) is 0 Å². The van der Waals surface area contributed by atoms with Gasteiger partial charge in [-0.15, -0.1) is 0 Å². The van der Waals surface area contributed by atoms with Crippen molar-refractivity contribution in [2.45, 2.75) is 197 Å². The van der Waals surface area contributed by atoms with Gasteiger partial charge in [-0.25, -0.2) is 4.57 Å². The molecule has 2 fully saturated rings. The smallest absolute Gasteiger partial charge is 0.462 e. The first-order valence-electron chi connectivity index (χ1n) is 24.2. The maximum Gasteiger partial charge on any atom is 0.472 e. The Morgan fingerprint density at radius 1 is 0.545 bits per heavy atom. The quantitative estimate of drug-likeness (QED) is 0.0113. The molecule has 2 aliphatic rings. The molecule has 15 heteroatoms. The minimum absolute atomic E-state index is 0.0362. The number of ether oxygens (including phenoxy) is 3. The molecule has 1 aliphatic carbocycles. The van der Waals surface area contributed by atoms with Gasteiger partial charge in [0.25, 0.3) is 0 Å². The van der Waals surface area contributed by atoms with Crippen LogP contribution in [0.25, 0.3) is 0 Å². The molecule has 10 atom stereocenters. The van der Waals surface area contributed by atoms with Crippen LogP contribution in [0, 0.1) is 0 Å². The Balaban J connectivity index is 1.74. The normalized spacial score (nSPS) is 25.2. The van der Waals surface area contributed by atoms with Crippen LogP contribution in [0.1, 0.15) is 142 Å². The topological polar surface area (TPSA) is 222 Å². The van der Waals surface area contributed by atoms with Crippen LogP contribution in [0.2, 0.25) is 0 Å². The Kier molecular flexibility index (Phi) is 32.8. The molecule has 0 bridgehead atoms. The van der Waals surface area contributed by atoms with Crippen LogP contribution in [0.4, 0.5) is 0 Å². The van der Waals surface area contributed by atoms with Crippen LogP contribution in [-0.4, -0.2) is 111 Å². The summed E-state index contributed by atoms with van der Waals surface area (Å²) < 4.78 is 39.3. The first-order chi connectivity index (χ1) is 31.9. The fourth-order valence-electron chi connectivity index (χ4n) is 6.82. The molecule has 0 aromatic carbocycles. The van der Waals surface area contributed by atoms with Crippen LogP contribution in [0.5, 0.6) is 0 Å². The predicted octanol–water partition coefficient (Wildman–Crippen LogP) is 8.82. The van der Waals surface area contributed by atoms with Crippen LogP contribution < -0.4 is 0 Å². The van der Waals surface area contributed by atoms with Gasteiger partial charge in [-0.05, 0) is 96.3 Å². The Morgan fingerprint density at radius 3 is 1.56 bits per heavy atom. The standard InChI is InChI=1S/C51H81O14P/c1-3-5-7-9-11-13-14-15-16-17-18-19-20-21-22-24-26-28-34-38-45(53)63-41(40-62-66(59,60)65-51-49(57)47(55)46(54)48(56)50(51)58)39-61-44(52)37-33-30-29-32-36-43-42(64-43)35-31-27-25-23-12-10-8-6-4-2/h5,7,11-13,15-16,18-19,21-23,27,29,31-32,41-43,46-51,54-58H,3-4,6,8-10,14,17,20,24-26,28,30,33-40H2,1-2H3,(H,59,60)/b7-5-,13-11-,16-15-,19-18-,22-21-,23-12-,31-27-,32-29-/t41-,42?,43?,46?,47-,48+,49-,50-,51?/m1/s1. The summed E-state index contributed by atoms with van der Waals surface area (Å²) in [5.74, 6) is -1.22. The average molecular weight is 949 g/mol. The van der Waals surface area contributed by atoms with Crippen LogP contribution in [0.15, 0.2) is 97.2 Å². The van der Waals surface area contributed by atoms with Gasteiger partial charge in [-0.2, -0.15) is 0 Å². The lowest BCUT2D eigenvalue weighted by Gasteiger charge is -2.41. The van der Waals surface area contributed by atoms with E-state index in [1.165, 1.54) is 19.3 Å². The second kappa shape index (κ2) is 36.7. The third-order valence-electron chi connectivity index (χ3n) is 10.8. The Labute approximate surface area is 394 Å². The fraction of sp³-hybridized carbons (Fsp3) is 0.647. The van der Waals surface area contributed by atoms with E-state index in [2.05, 4.69) is 98.9 Å². The largest absolute Gasteiger partial charge is 0.472 e. The zero-order valence-corrected chi connectivity index (χ0v) is 40.3. The molecule has 66 heavy (non-hydrogen) atoms. The first kappa shape index (κ1) is 58.9. The summed E-state index contributed by atoms with van der Waals surface area (Å²) in [6.07, 6.45) is 37.6. The number of unbranched alkanes of at least 4 members (excludes halogenated alkanes) is 7. The summed E-state index contributed by atoms with van der Waals surface area (Å²) in [7, 11) is -5.16. The van der Waals surface area contributed by atoms with E-state index in [0.717, 1.165) is 77.0 Å². The Hall–Kier alpha value is -3.27. The number of hydrogen-bond donors (Lipinski definition) is 6. The maximum atomic E-state index is 12.8. The average Bonchev–Trinajstić information content (AvgIpc) is 4.06. The molecule has 6 N–H and O–H groups in total. The number of carbonyl (C=O) groups excluding carboxylic acids is 2. The Morgan fingerprint density at radius 2 is 1.00 bits per heavy atom. The van der Waals surface area contributed by atoms with E-state index in [9.17, 15) is 44.6 Å². The molecule has 14 nitrogen and oxygen atoms in total. The van der Waals surface area contributed by atoms with Crippen LogP contribution in [-0.2, 0) is 37.4 Å². The molecule has 0 spiro atoms. The van der Waals surface area contributed by atoms with Crippen molar-refractivity contribution in [3.63, 3.8) is 0 Å². The van der Waals surface area contributed by atoms with Gasteiger partial charge < -0.3 is 44.6 Å². The molecule has 374 valence electrons. The van der Waals surface area contributed by atoms with E-state index in [1.807, 2.05) is 12.2 Å². The second-order valence-electron chi connectivity index (χ2n) is 16.6. The third kappa shape index (κ3) is 28.2. The summed E-state index contributed by atoms with van der Waals surface area (Å²) in [4.78, 5) is 35.8. The number of aliphatic hydroxyl groups excluding tert-OH is 5. The summed E-state index contributed by atoms with van der Waals surface area (Å²) in [6.45, 7) is 3.06. The highest BCUT2D eigenvalue weighted by Gasteiger charge is 2.51. The zero-order valence-electron chi connectivity index (χ0n) is 39.4. The van der Waals surface area contributed by atoms with Crippen molar-refractivity contribution in [3.05, 3.63) is 97.2 Å². The fourth-order valence-corrected chi connectivity index (χ4v) is 7.79. The highest BCUT2D eigenvalue weighted by atomic mass is 31.2.